The number of nitrogens with zero attached hydrogens (tertiary/aromatic N) is 2. The Labute approximate surface area is 367 Å². The summed E-state index contributed by atoms with van der Waals surface area (Å²) in [6.45, 7) is 0. The van der Waals surface area contributed by atoms with Crippen LogP contribution in [0, 0.1) is 41.7 Å². The van der Waals surface area contributed by atoms with Gasteiger partial charge in [0, 0.05) is 43.4 Å². The lowest BCUT2D eigenvalue weighted by atomic mass is 9.91. The molecule has 0 amide bonds. The summed E-state index contributed by atoms with van der Waals surface area (Å²) in [5, 5.41) is 15.5. The van der Waals surface area contributed by atoms with Crippen LogP contribution in [0.1, 0.15) is 22.3 Å². The van der Waals surface area contributed by atoms with Crippen molar-refractivity contribution in [2.45, 2.75) is 12.8 Å². The van der Waals surface area contributed by atoms with Gasteiger partial charge in [0.25, 0.3) is 0 Å². The van der Waals surface area contributed by atoms with E-state index in [-0.39, 0.29) is 0 Å². The molecule has 10 aromatic carbocycles. The van der Waals surface area contributed by atoms with E-state index in [0.29, 0.717) is 0 Å². The zero-order valence-corrected chi connectivity index (χ0v) is 34.9. The maximum Gasteiger partial charge on any atom is 0.0547 e. The summed E-state index contributed by atoms with van der Waals surface area (Å²) in [4.78, 5) is 0. The van der Waals surface area contributed by atoms with Gasteiger partial charge in [0.1, 0.15) is 0 Å². The summed E-state index contributed by atoms with van der Waals surface area (Å²) in [5.41, 5.74) is 18.2. The molecule has 15 rings (SSSR count). The van der Waals surface area contributed by atoms with Crippen molar-refractivity contribution in [1.82, 2.24) is 9.13 Å². The first-order chi connectivity index (χ1) is 31.8. The molecule has 0 saturated heterocycles. The first-order valence-electron chi connectivity index (χ1n) is 22.5. The fourth-order valence-electron chi connectivity index (χ4n) is 12.2. The molecule has 0 N–H and O–H groups in total. The highest BCUT2D eigenvalue weighted by atomic mass is 15.0. The molecule has 2 nitrogen and oxygen atoms in total. The molecule has 0 aliphatic heterocycles. The molecule has 0 unspecified atom stereocenters. The third kappa shape index (κ3) is 4.44. The predicted octanol–water partition coefficient (Wildman–Crippen LogP) is 14.5. The van der Waals surface area contributed by atoms with Gasteiger partial charge >= 0.3 is 0 Å². The van der Waals surface area contributed by atoms with Gasteiger partial charge in [-0.05, 0) is 137 Å². The number of hydrogen-bond donors (Lipinski definition) is 0. The van der Waals surface area contributed by atoms with Crippen LogP contribution in [0.4, 0.5) is 0 Å². The predicted molar refractivity (Wildman–Crippen MR) is 262 cm³/mol. The fourth-order valence-corrected chi connectivity index (χ4v) is 12.2. The SMILES string of the molecule is c1ccc(-n2c3ccccc3c3c4c(ccc32)=c2ccc3c(c2=c2c5c(ccc2=c2ccc6c(c2=4)-c2ccccc2C6)Cc2ccccc2-5)c2ccccc2n3-c2ccccc2)cc1. The smallest absolute Gasteiger partial charge is 0.0547 e. The number of fused-ring (bicyclic) bond motifs is 20. The molecule has 2 heteroatoms. The minimum atomic E-state index is 0.927. The van der Waals surface area contributed by atoms with E-state index in [2.05, 4.69) is 215 Å². The van der Waals surface area contributed by atoms with Gasteiger partial charge in [-0.2, -0.15) is 0 Å². The van der Waals surface area contributed by atoms with Crippen molar-refractivity contribution in [1.29, 1.82) is 0 Å². The Balaban J connectivity index is 1.35. The lowest BCUT2D eigenvalue weighted by molar-refractivity contribution is 1.17. The molecule has 12 aromatic rings. The van der Waals surface area contributed by atoms with Crippen LogP contribution in [-0.2, 0) is 12.8 Å². The summed E-state index contributed by atoms with van der Waals surface area (Å²) in [6.07, 6.45) is 1.85. The van der Waals surface area contributed by atoms with E-state index >= 15 is 0 Å². The molecule has 0 saturated carbocycles. The van der Waals surface area contributed by atoms with Crippen LogP contribution in [-0.4, -0.2) is 9.13 Å². The van der Waals surface area contributed by atoms with Crippen LogP contribution < -0.4 is 0 Å². The number of para-hydroxylation sites is 4. The van der Waals surface area contributed by atoms with Crippen molar-refractivity contribution < 1.29 is 0 Å². The quantitative estimate of drug-likeness (QED) is 0.165. The Morgan fingerprint density at radius 1 is 0.266 bits per heavy atom. The highest BCUT2D eigenvalue weighted by Crippen LogP contribution is 2.44. The molecular formula is C62H38N2. The number of benzene rings is 10. The zero-order valence-electron chi connectivity index (χ0n) is 34.9. The average Bonchev–Trinajstić information content (AvgIpc) is 4.11. The molecule has 2 heterocycles. The van der Waals surface area contributed by atoms with Crippen LogP contribution in [0.15, 0.2) is 206 Å². The van der Waals surface area contributed by atoms with Gasteiger partial charge in [-0.25, -0.2) is 0 Å². The van der Waals surface area contributed by atoms with Crippen molar-refractivity contribution >= 4 is 43.6 Å². The van der Waals surface area contributed by atoms with E-state index < -0.39 is 0 Å². The zero-order chi connectivity index (χ0) is 41.6. The Hall–Kier alpha value is -8.20. The summed E-state index contributed by atoms with van der Waals surface area (Å²) >= 11 is 0. The Morgan fingerprint density at radius 3 is 1.11 bits per heavy atom. The van der Waals surface area contributed by atoms with E-state index in [4.69, 9.17) is 0 Å². The Kier molecular flexibility index (Phi) is 6.82. The molecule has 2 aromatic heterocycles. The molecule has 0 spiro atoms. The number of aromatic nitrogens is 2. The summed E-state index contributed by atoms with van der Waals surface area (Å²) in [5.74, 6) is 0. The van der Waals surface area contributed by atoms with Crippen LogP contribution in [0.2, 0.25) is 0 Å². The first-order valence-corrected chi connectivity index (χ1v) is 22.5. The van der Waals surface area contributed by atoms with Crippen LogP contribution >= 0.6 is 0 Å². The van der Waals surface area contributed by atoms with Crippen molar-refractivity contribution in [2.75, 3.05) is 0 Å². The second-order valence-electron chi connectivity index (χ2n) is 17.9. The van der Waals surface area contributed by atoms with Crippen LogP contribution in [0.25, 0.3) is 77.2 Å². The standard InChI is InChI=1S/C62H38N2/c1-3-17-41(18-4-1)63-51-25-13-11-23-49(51)57-53(63)33-31-47-48-32-34-54-58(50-24-12-14-26-52(50)64(54)42-19-5-2-6-20-42)62(48)60-46(30-28-40-36-38-16-8-10-22-44(38)56(40)60)45-29-27-39-35-37-15-7-9-21-43(37)55(39)59(45)61(47)57/h1-34H,35-36H2. The number of rotatable bonds is 2. The molecule has 0 atom stereocenters. The Bertz CT molecular complexity index is 4180. The lowest BCUT2D eigenvalue weighted by Gasteiger charge is -2.13. The molecule has 0 bridgehead atoms. The minimum absolute atomic E-state index is 0.927. The van der Waals surface area contributed by atoms with Gasteiger partial charge < -0.3 is 9.13 Å². The van der Waals surface area contributed by atoms with E-state index in [0.717, 1.165) is 12.8 Å². The minimum Gasteiger partial charge on any atom is -0.309 e. The molecule has 3 aliphatic carbocycles. The van der Waals surface area contributed by atoms with E-state index in [1.54, 1.807) is 0 Å². The lowest BCUT2D eigenvalue weighted by Crippen LogP contribution is -1.97. The number of hydrogen-bond acceptors (Lipinski definition) is 0. The van der Waals surface area contributed by atoms with Crippen molar-refractivity contribution in [3.05, 3.63) is 270 Å². The molecule has 296 valence electrons. The third-order valence-corrected chi connectivity index (χ3v) is 14.7. The maximum absolute atomic E-state index is 2.48. The summed E-state index contributed by atoms with van der Waals surface area (Å²) in [6, 6.07) is 77.8. The van der Waals surface area contributed by atoms with Gasteiger partial charge in [-0.3, -0.25) is 0 Å². The van der Waals surface area contributed by atoms with Crippen molar-refractivity contribution in [3.63, 3.8) is 0 Å². The third-order valence-electron chi connectivity index (χ3n) is 14.7. The largest absolute Gasteiger partial charge is 0.309 e. The topological polar surface area (TPSA) is 9.86 Å². The molecule has 0 fully saturated rings. The van der Waals surface area contributed by atoms with Crippen LogP contribution in [0.3, 0.4) is 0 Å². The molecular weight excluding hydrogens is 773 g/mol. The highest BCUT2D eigenvalue weighted by Gasteiger charge is 2.26. The molecule has 0 radical (unpaired) electrons. The molecule has 64 heavy (non-hydrogen) atoms. The summed E-state index contributed by atoms with van der Waals surface area (Å²) < 4.78 is 4.96. The van der Waals surface area contributed by atoms with Gasteiger partial charge in [0.15, 0.2) is 0 Å². The van der Waals surface area contributed by atoms with Gasteiger partial charge in [0.05, 0.1) is 22.1 Å². The second kappa shape index (κ2) is 12.7. The fraction of sp³-hybridized carbons (Fsp3) is 0.0323. The van der Waals surface area contributed by atoms with E-state index in [1.165, 1.54) is 141 Å². The monoisotopic (exact) mass is 810 g/mol. The maximum atomic E-state index is 2.48. The van der Waals surface area contributed by atoms with Gasteiger partial charge in [-0.1, -0.05) is 158 Å². The van der Waals surface area contributed by atoms with Gasteiger partial charge in [-0.15, -0.1) is 0 Å². The highest BCUT2D eigenvalue weighted by molar-refractivity contribution is 6.11. The van der Waals surface area contributed by atoms with E-state index in [1.807, 2.05) is 0 Å². The summed E-state index contributed by atoms with van der Waals surface area (Å²) in [7, 11) is 0. The van der Waals surface area contributed by atoms with E-state index in [9.17, 15) is 0 Å². The van der Waals surface area contributed by atoms with Crippen molar-refractivity contribution in [2.24, 2.45) is 0 Å². The van der Waals surface area contributed by atoms with Crippen molar-refractivity contribution in [3.8, 4) is 33.6 Å². The Morgan fingerprint density at radius 2 is 0.641 bits per heavy atom. The second-order valence-corrected chi connectivity index (χ2v) is 17.9. The first kappa shape index (κ1) is 34.4. The van der Waals surface area contributed by atoms with Crippen LogP contribution in [0.5, 0.6) is 0 Å². The van der Waals surface area contributed by atoms with Gasteiger partial charge in [0.2, 0.25) is 0 Å². The normalized spacial score (nSPS) is 12.9. The average molecular weight is 811 g/mol. The molecule has 3 aliphatic rings.